The van der Waals surface area contributed by atoms with Gasteiger partial charge in [0.1, 0.15) is 53.8 Å². The lowest BCUT2D eigenvalue weighted by atomic mass is 10.0. The third-order valence-electron chi connectivity index (χ3n) is 16.8. The number of carbonyl (C=O) groups is 9. The number of Topliss-reactive ketones (excluding diaryl/α,β-unsaturated/α-hetero) is 1. The van der Waals surface area contributed by atoms with Crippen LogP contribution < -0.4 is 26.6 Å². The van der Waals surface area contributed by atoms with E-state index in [1.807, 2.05) is 32.0 Å². The molecule has 2 fully saturated rings. The van der Waals surface area contributed by atoms with Crippen LogP contribution in [-0.4, -0.2) is 181 Å². The summed E-state index contributed by atoms with van der Waals surface area (Å²) in [6, 6.07) is 5.68. The second-order valence-corrected chi connectivity index (χ2v) is 25.2. The number of hydrogen-bond acceptors (Lipinski definition) is 19. The molecule has 0 spiro atoms. The summed E-state index contributed by atoms with van der Waals surface area (Å²) in [7, 11) is 2.67. The van der Waals surface area contributed by atoms with Crippen molar-refractivity contribution in [2.24, 2.45) is 5.41 Å². The van der Waals surface area contributed by atoms with Gasteiger partial charge in [0.05, 0.1) is 65.9 Å². The number of hydrogen-bond donors (Lipinski definition) is 5. The van der Waals surface area contributed by atoms with Crippen molar-refractivity contribution in [1.29, 1.82) is 0 Å². The zero-order chi connectivity index (χ0) is 67.8. The normalized spacial score (nSPS) is 15.8. The number of esters is 2. The molecule has 5 N–H and O–H groups in total. The van der Waals surface area contributed by atoms with Gasteiger partial charge in [-0.2, -0.15) is 5.10 Å². The van der Waals surface area contributed by atoms with Crippen LogP contribution in [0.3, 0.4) is 0 Å². The molecular weight excluding hydrogens is 1280 g/mol. The Balaban J connectivity index is 0.746. The summed E-state index contributed by atoms with van der Waals surface area (Å²) in [6.07, 6.45) is 21.1. The molecule has 2 aliphatic rings. The van der Waals surface area contributed by atoms with Crippen molar-refractivity contribution in [3.8, 4) is 11.1 Å². The van der Waals surface area contributed by atoms with Crippen LogP contribution >= 0.6 is 15.9 Å². The van der Waals surface area contributed by atoms with Gasteiger partial charge in [0.15, 0.2) is 5.78 Å². The SMILES string of the molecule is COC(=O)CCCCCCCCCCCCCCCCC(=O)N[C@@H](CCC(=O)NCCOCCOCC(=O)NCCOCCOCC(=O)NCc1ncc(-c2cc(C)c3c(c2)c(C(C)=O)nn3CC(=O)N2C3C[C@]3(C)C[C@H]2C(=O)Nc2nc(Br)ccc2C)cn1)C(=O)OC. The fourth-order valence-corrected chi connectivity index (χ4v) is 11.7. The summed E-state index contributed by atoms with van der Waals surface area (Å²) in [5.74, 6) is -2.07. The number of rotatable bonds is 46. The van der Waals surface area contributed by atoms with Crippen LogP contribution in [0.5, 0.6) is 0 Å². The lowest BCUT2D eigenvalue weighted by Crippen LogP contribution is -2.47. The van der Waals surface area contributed by atoms with Crippen molar-refractivity contribution in [3.63, 3.8) is 0 Å². The molecule has 1 aromatic carbocycles. The number of ketones is 1. The van der Waals surface area contributed by atoms with Crippen molar-refractivity contribution >= 4 is 85.8 Å². The number of ether oxygens (including phenoxy) is 6. The topological polar surface area (TPSA) is 329 Å². The molecule has 4 heterocycles. The van der Waals surface area contributed by atoms with E-state index in [9.17, 15) is 43.2 Å². The monoisotopic (exact) mass is 1370 g/mol. The van der Waals surface area contributed by atoms with Gasteiger partial charge in [-0.1, -0.05) is 90.0 Å². The van der Waals surface area contributed by atoms with E-state index in [0.717, 1.165) is 61.6 Å². The zero-order valence-corrected chi connectivity index (χ0v) is 57.1. The van der Waals surface area contributed by atoms with E-state index in [-0.39, 0.29) is 156 Å². The van der Waals surface area contributed by atoms with Gasteiger partial charge >= 0.3 is 11.9 Å². The van der Waals surface area contributed by atoms with Gasteiger partial charge in [0.25, 0.3) is 0 Å². The molecule has 1 saturated carbocycles. The molecule has 516 valence electrons. The predicted octanol–water partition coefficient (Wildman–Crippen LogP) is 7.26. The largest absolute Gasteiger partial charge is 0.469 e. The number of methoxy groups -OCH3 is 2. The number of halogens is 1. The van der Waals surface area contributed by atoms with Crippen LogP contribution in [0.4, 0.5) is 5.82 Å². The van der Waals surface area contributed by atoms with Crippen LogP contribution in [0.15, 0.2) is 41.3 Å². The van der Waals surface area contributed by atoms with Crippen molar-refractivity contribution in [3.05, 3.63) is 63.9 Å². The number of likely N-dealkylation sites (tertiary alicyclic amines) is 1. The number of nitrogens with zero attached hydrogens (tertiary/aromatic N) is 6. The van der Waals surface area contributed by atoms with E-state index < -0.39 is 18.1 Å². The molecule has 1 unspecified atom stereocenters. The van der Waals surface area contributed by atoms with Crippen LogP contribution in [0, 0.1) is 19.3 Å². The third-order valence-corrected chi connectivity index (χ3v) is 17.2. The molecule has 0 bridgehead atoms. The maximum atomic E-state index is 14.2. The summed E-state index contributed by atoms with van der Waals surface area (Å²) >= 11 is 3.37. The molecule has 1 aliphatic carbocycles. The molecule has 4 atom stereocenters. The Labute approximate surface area is 559 Å². The molecule has 1 aliphatic heterocycles. The number of piperidine rings is 1. The number of anilines is 1. The highest BCUT2D eigenvalue weighted by atomic mass is 79.9. The third kappa shape index (κ3) is 25.4. The zero-order valence-electron chi connectivity index (χ0n) is 55.5. The Morgan fingerprint density at radius 2 is 1.22 bits per heavy atom. The van der Waals surface area contributed by atoms with E-state index in [2.05, 4.69) is 74.2 Å². The Hall–Kier alpha value is -7.33. The van der Waals surface area contributed by atoms with Gasteiger partial charge < -0.3 is 59.9 Å². The average molecular weight is 1380 g/mol. The molecule has 3 aromatic heterocycles. The molecule has 6 amide bonds. The van der Waals surface area contributed by atoms with E-state index >= 15 is 0 Å². The van der Waals surface area contributed by atoms with Crippen molar-refractivity contribution in [2.45, 2.75) is 187 Å². The van der Waals surface area contributed by atoms with E-state index in [0.29, 0.717) is 52.0 Å². The number of aryl methyl sites for hydroxylation is 2. The first-order chi connectivity index (χ1) is 45.3. The summed E-state index contributed by atoms with van der Waals surface area (Å²) in [5.41, 5.74) is 3.61. The maximum absolute atomic E-state index is 14.2. The second kappa shape index (κ2) is 40.2. The summed E-state index contributed by atoms with van der Waals surface area (Å²) in [5, 5.41) is 19.0. The van der Waals surface area contributed by atoms with Crippen molar-refractivity contribution < 1.29 is 71.6 Å². The number of unbranched alkanes of at least 4 members (excludes halogenated alkanes) is 13. The average Bonchev–Trinajstić information content (AvgIpc) is 1.55. The summed E-state index contributed by atoms with van der Waals surface area (Å²) in [6.45, 7) is 8.24. The molecule has 4 aromatic rings. The van der Waals surface area contributed by atoms with Crippen LogP contribution in [0.1, 0.15) is 170 Å². The molecular formula is C67H96BrN11O15. The van der Waals surface area contributed by atoms with Crippen LogP contribution in [0.25, 0.3) is 22.0 Å². The standard InChI is InChI=1S/C67H96BrN11O15/c1-45-23-25-54(68)75-64(45)76-65(87)52-37-67(4)38-53(67)79(52)60(85)42-78-63-46(2)35-48(36-50(63)62(77-78)47(3)80)49-39-71-55(72-40-49)41-73-59(84)44-94-34-32-92-30-28-70-58(83)43-93-33-31-91-29-27-69-56(81)26-24-51(66(88)90-6)74-57(82)21-19-17-15-13-11-9-7-8-10-12-14-16-18-20-22-61(86)89-5/h23,25,35-36,39-40,51-53H,7-22,24,26-34,37-38,41-44H2,1-6H3,(H,69,81)(H,70,83)(H,73,84)(H,74,82)(H,75,76,87)/t51-,52-,53?,67-/m0/s1. The Bertz CT molecular complexity index is 3170. The molecule has 26 nitrogen and oxygen atoms in total. The first kappa shape index (κ1) is 75.7. The van der Waals surface area contributed by atoms with Gasteiger partial charge in [-0.3, -0.25) is 43.0 Å². The maximum Gasteiger partial charge on any atom is 0.328 e. The number of carbonyl (C=O) groups excluding carboxylic acids is 9. The minimum atomic E-state index is -0.923. The fraction of sp³-hybridized carbons (Fsp3) is 0.627. The molecule has 0 radical (unpaired) electrons. The van der Waals surface area contributed by atoms with Gasteiger partial charge in [-0.15, -0.1) is 0 Å². The number of benzene rings is 1. The lowest BCUT2D eigenvalue weighted by molar-refractivity contribution is -0.145. The molecule has 27 heteroatoms. The predicted molar refractivity (Wildman–Crippen MR) is 353 cm³/mol. The number of aromatic nitrogens is 5. The van der Waals surface area contributed by atoms with Crippen molar-refractivity contribution in [1.82, 2.24) is 50.9 Å². The number of amides is 6. The van der Waals surface area contributed by atoms with E-state index in [1.54, 1.807) is 28.0 Å². The molecule has 1 saturated heterocycles. The van der Waals surface area contributed by atoms with E-state index in [4.69, 9.17) is 23.7 Å². The first-order valence-corrected chi connectivity index (χ1v) is 33.7. The first-order valence-electron chi connectivity index (χ1n) is 32.9. The minimum absolute atomic E-state index is 0.00460. The Kier molecular flexibility index (Phi) is 32.3. The Morgan fingerprint density at radius 3 is 1.82 bits per heavy atom. The Morgan fingerprint density at radius 1 is 0.649 bits per heavy atom. The van der Waals surface area contributed by atoms with Crippen molar-refractivity contribution in [2.75, 3.05) is 85.5 Å². The van der Waals surface area contributed by atoms with Gasteiger partial charge in [-0.05, 0) is 102 Å². The smallest absolute Gasteiger partial charge is 0.328 e. The lowest BCUT2D eigenvalue weighted by Gasteiger charge is -2.27. The van der Waals surface area contributed by atoms with E-state index in [1.165, 1.54) is 72.5 Å². The summed E-state index contributed by atoms with van der Waals surface area (Å²) in [4.78, 5) is 129. The molecule has 94 heavy (non-hydrogen) atoms. The molecule has 6 rings (SSSR count). The number of nitrogens with one attached hydrogen (secondary N) is 5. The quantitative estimate of drug-likeness (QED) is 0.0126. The number of pyridine rings is 1. The summed E-state index contributed by atoms with van der Waals surface area (Å²) < 4.78 is 33.4. The van der Waals surface area contributed by atoms with Gasteiger partial charge in [0, 0.05) is 68.7 Å². The number of fused-ring (bicyclic) bond motifs is 2. The van der Waals surface area contributed by atoms with Gasteiger partial charge in [0.2, 0.25) is 35.4 Å². The highest BCUT2D eigenvalue weighted by Crippen LogP contribution is 2.59. The second-order valence-electron chi connectivity index (χ2n) is 24.3. The minimum Gasteiger partial charge on any atom is -0.469 e. The highest BCUT2D eigenvalue weighted by molar-refractivity contribution is 9.10. The highest BCUT2D eigenvalue weighted by Gasteiger charge is 2.64. The fourth-order valence-electron chi connectivity index (χ4n) is 11.4. The van der Waals surface area contributed by atoms with Crippen LogP contribution in [0.2, 0.25) is 0 Å². The van der Waals surface area contributed by atoms with Crippen LogP contribution in [-0.2, 0) is 79.9 Å². The van der Waals surface area contributed by atoms with Gasteiger partial charge in [-0.25, -0.2) is 19.7 Å².